The minimum absolute atomic E-state index is 0.698. The van der Waals surface area contributed by atoms with E-state index in [4.69, 9.17) is 0 Å². The van der Waals surface area contributed by atoms with E-state index in [9.17, 15) is 0 Å². The SMILES string of the molecule is Cn1ccnc1CNCc1ncnn1C. The Labute approximate surface area is 88.0 Å². The third kappa shape index (κ3) is 2.21. The molecule has 0 aromatic carbocycles. The lowest BCUT2D eigenvalue weighted by atomic mass is 10.5. The van der Waals surface area contributed by atoms with Crippen molar-refractivity contribution in [3.63, 3.8) is 0 Å². The molecule has 6 nitrogen and oxygen atoms in total. The summed E-state index contributed by atoms with van der Waals surface area (Å²) in [4.78, 5) is 8.33. The molecule has 0 saturated carbocycles. The van der Waals surface area contributed by atoms with E-state index in [1.807, 2.05) is 24.9 Å². The zero-order valence-corrected chi connectivity index (χ0v) is 8.88. The Kier molecular flexibility index (Phi) is 2.77. The van der Waals surface area contributed by atoms with Gasteiger partial charge in [0.15, 0.2) is 0 Å². The maximum atomic E-state index is 4.21. The summed E-state index contributed by atoms with van der Waals surface area (Å²) >= 11 is 0. The van der Waals surface area contributed by atoms with Crippen molar-refractivity contribution in [2.24, 2.45) is 14.1 Å². The number of aromatic nitrogens is 5. The van der Waals surface area contributed by atoms with Crippen LogP contribution in [0.25, 0.3) is 0 Å². The molecular formula is C9H14N6. The Morgan fingerprint density at radius 2 is 2.00 bits per heavy atom. The van der Waals surface area contributed by atoms with E-state index >= 15 is 0 Å². The van der Waals surface area contributed by atoms with Gasteiger partial charge in [0.25, 0.3) is 0 Å². The van der Waals surface area contributed by atoms with Gasteiger partial charge < -0.3 is 9.88 Å². The Morgan fingerprint density at radius 3 is 2.60 bits per heavy atom. The highest BCUT2D eigenvalue weighted by Gasteiger charge is 2.01. The zero-order valence-electron chi connectivity index (χ0n) is 8.88. The Hall–Kier alpha value is -1.69. The second-order valence-corrected chi connectivity index (χ2v) is 3.36. The van der Waals surface area contributed by atoms with Crippen LogP contribution < -0.4 is 5.32 Å². The smallest absolute Gasteiger partial charge is 0.140 e. The van der Waals surface area contributed by atoms with Crippen molar-refractivity contribution >= 4 is 0 Å². The number of nitrogens with one attached hydrogen (secondary N) is 1. The van der Waals surface area contributed by atoms with Crippen molar-refractivity contribution in [2.75, 3.05) is 0 Å². The topological polar surface area (TPSA) is 60.6 Å². The molecule has 0 atom stereocenters. The van der Waals surface area contributed by atoms with Gasteiger partial charge in [0.2, 0.25) is 0 Å². The van der Waals surface area contributed by atoms with Gasteiger partial charge in [-0.25, -0.2) is 9.97 Å². The number of rotatable bonds is 4. The first-order valence-corrected chi connectivity index (χ1v) is 4.77. The summed E-state index contributed by atoms with van der Waals surface area (Å²) in [6.45, 7) is 1.43. The maximum absolute atomic E-state index is 4.21. The summed E-state index contributed by atoms with van der Waals surface area (Å²) in [6.07, 6.45) is 5.27. The van der Waals surface area contributed by atoms with Crippen molar-refractivity contribution in [1.82, 2.24) is 29.6 Å². The number of hydrogen-bond acceptors (Lipinski definition) is 4. The van der Waals surface area contributed by atoms with E-state index in [2.05, 4.69) is 20.4 Å². The maximum Gasteiger partial charge on any atom is 0.140 e. The van der Waals surface area contributed by atoms with E-state index in [1.165, 1.54) is 0 Å². The van der Waals surface area contributed by atoms with Crippen LogP contribution in [0, 0.1) is 0 Å². The predicted molar refractivity (Wildman–Crippen MR) is 54.8 cm³/mol. The molecule has 2 heterocycles. The average molecular weight is 206 g/mol. The molecule has 2 aromatic rings. The van der Waals surface area contributed by atoms with Gasteiger partial charge in [0, 0.05) is 26.5 Å². The molecule has 0 aliphatic heterocycles. The van der Waals surface area contributed by atoms with Crippen LogP contribution in [-0.2, 0) is 27.2 Å². The van der Waals surface area contributed by atoms with E-state index in [0.29, 0.717) is 6.54 Å². The van der Waals surface area contributed by atoms with Crippen molar-refractivity contribution in [3.05, 3.63) is 30.4 Å². The standard InChI is InChI=1S/C9H14N6/c1-14-4-3-11-8(14)5-10-6-9-12-7-13-15(9)2/h3-4,7,10H,5-6H2,1-2H3. The van der Waals surface area contributed by atoms with Crippen molar-refractivity contribution in [1.29, 1.82) is 0 Å². The molecule has 0 unspecified atom stereocenters. The van der Waals surface area contributed by atoms with Crippen molar-refractivity contribution < 1.29 is 0 Å². The minimum atomic E-state index is 0.698. The second kappa shape index (κ2) is 4.22. The Balaban J connectivity index is 1.86. The highest BCUT2D eigenvalue weighted by Crippen LogP contribution is 1.95. The van der Waals surface area contributed by atoms with Crippen LogP contribution in [0.15, 0.2) is 18.7 Å². The molecule has 0 bridgehead atoms. The number of nitrogens with zero attached hydrogens (tertiary/aromatic N) is 5. The summed E-state index contributed by atoms with van der Waals surface area (Å²) in [5.74, 6) is 1.93. The second-order valence-electron chi connectivity index (χ2n) is 3.36. The van der Waals surface area contributed by atoms with Crippen LogP contribution in [0.5, 0.6) is 0 Å². The van der Waals surface area contributed by atoms with Crippen LogP contribution in [-0.4, -0.2) is 24.3 Å². The molecule has 2 rings (SSSR count). The highest BCUT2D eigenvalue weighted by molar-refractivity contribution is 4.91. The largest absolute Gasteiger partial charge is 0.337 e. The third-order valence-corrected chi connectivity index (χ3v) is 2.29. The lowest BCUT2D eigenvalue weighted by molar-refractivity contribution is 0.590. The van der Waals surface area contributed by atoms with Gasteiger partial charge in [-0.2, -0.15) is 5.10 Å². The molecule has 0 aliphatic carbocycles. The summed E-state index contributed by atoms with van der Waals surface area (Å²) in [6, 6.07) is 0. The molecule has 0 amide bonds. The lowest BCUT2D eigenvalue weighted by Gasteiger charge is -2.04. The van der Waals surface area contributed by atoms with Gasteiger partial charge in [0.1, 0.15) is 18.0 Å². The minimum Gasteiger partial charge on any atom is -0.337 e. The molecule has 15 heavy (non-hydrogen) atoms. The van der Waals surface area contributed by atoms with E-state index in [0.717, 1.165) is 18.2 Å². The summed E-state index contributed by atoms with van der Waals surface area (Å²) in [5.41, 5.74) is 0. The van der Waals surface area contributed by atoms with Gasteiger partial charge in [-0.15, -0.1) is 0 Å². The van der Waals surface area contributed by atoms with Crippen LogP contribution >= 0.6 is 0 Å². The summed E-state index contributed by atoms with van der Waals surface area (Å²) in [7, 11) is 3.86. The van der Waals surface area contributed by atoms with E-state index in [-0.39, 0.29) is 0 Å². The van der Waals surface area contributed by atoms with Gasteiger partial charge >= 0.3 is 0 Å². The fourth-order valence-electron chi connectivity index (χ4n) is 1.33. The molecule has 0 radical (unpaired) electrons. The number of imidazole rings is 1. The van der Waals surface area contributed by atoms with Crippen LogP contribution in [0.2, 0.25) is 0 Å². The molecule has 0 fully saturated rings. The first kappa shape index (κ1) is 9.85. The first-order chi connectivity index (χ1) is 7.27. The van der Waals surface area contributed by atoms with Gasteiger partial charge in [-0.05, 0) is 0 Å². The predicted octanol–water partition coefficient (Wildman–Crippen LogP) is -0.162. The number of aryl methyl sites for hydroxylation is 2. The Morgan fingerprint density at radius 1 is 1.20 bits per heavy atom. The molecule has 6 heteroatoms. The zero-order chi connectivity index (χ0) is 10.7. The number of hydrogen-bond donors (Lipinski definition) is 1. The fourth-order valence-corrected chi connectivity index (χ4v) is 1.33. The fraction of sp³-hybridized carbons (Fsp3) is 0.444. The quantitative estimate of drug-likeness (QED) is 0.755. The molecule has 0 aliphatic rings. The van der Waals surface area contributed by atoms with Crippen molar-refractivity contribution in [3.8, 4) is 0 Å². The lowest BCUT2D eigenvalue weighted by Crippen LogP contribution is -2.18. The molecule has 2 aromatic heterocycles. The van der Waals surface area contributed by atoms with Crippen LogP contribution in [0.1, 0.15) is 11.6 Å². The van der Waals surface area contributed by atoms with Gasteiger partial charge in [-0.1, -0.05) is 0 Å². The molecule has 80 valence electrons. The average Bonchev–Trinajstić information content (AvgIpc) is 2.78. The molecule has 0 saturated heterocycles. The van der Waals surface area contributed by atoms with Gasteiger partial charge in [0.05, 0.1) is 13.1 Å². The monoisotopic (exact) mass is 206 g/mol. The van der Waals surface area contributed by atoms with Crippen LogP contribution in [0.3, 0.4) is 0 Å². The molecule has 0 spiro atoms. The van der Waals surface area contributed by atoms with Crippen molar-refractivity contribution in [2.45, 2.75) is 13.1 Å². The molecular weight excluding hydrogens is 192 g/mol. The molecule has 1 N–H and O–H groups in total. The first-order valence-electron chi connectivity index (χ1n) is 4.77. The Bertz CT molecular complexity index is 389. The van der Waals surface area contributed by atoms with Gasteiger partial charge in [-0.3, -0.25) is 4.68 Å². The third-order valence-electron chi connectivity index (χ3n) is 2.29. The van der Waals surface area contributed by atoms with E-state index < -0.39 is 0 Å². The summed E-state index contributed by atoms with van der Waals surface area (Å²) < 4.78 is 3.75. The van der Waals surface area contributed by atoms with Crippen LogP contribution in [0.4, 0.5) is 0 Å². The summed E-state index contributed by atoms with van der Waals surface area (Å²) in [5, 5.41) is 7.26. The normalized spacial score (nSPS) is 10.8. The van der Waals surface area contributed by atoms with E-state index in [1.54, 1.807) is 17.2 Å². The highest BCUT2D eigenvalue weighted by atomic mass is 15.3.